The van der Waals surface area contributed by atoms with E-state index in [0.29, 0.717) is 0 Å². The van der Waals surface area contributed by atoms with Crippen LogP contribution in [0.2, 0.25) is 0 Å². The number of carboxylic acid groups (broad SMARTS) is 1. The highest BCUT2D eigenvalue weighted by molar-refractivity contribution is 5.73. The lowest BCUT2D eigenvalue weighted by Gasteiger charge is -2.42. The van der Waals surface area contributed by atoms with E-state index < -0.39 is 49.1 Å². The molecule has 1 amide bonds. The van der Waals surface area contributed by atoms with Crippen molar-refractivity contribution in [1.82, 2.24) is 5.32 Å². The summed E-state index contributed by atoms with van der Waals surface area (Å²) < 4.78 is 10.2. The smallest absolute Gasteiger partial charge is 0.305 e. The SMILES string of the molecule is CC(=O)N[C@H]1[C@@H](OCCC(=O)O)[C@@H](O)[C@@H](CO)O[C@H]1O. The fourth-order valence-electron chi connectivity index (χ4n) is 1.95. The van der Waals surface area contributed by atoms with Crippen molar-refractivity contribution in [2.45, 2.75) is 44.0 Å². The zero-order valence-electron chi connectivity index (χ0n) is 10.9. The van der Waals surface area contributed by atoms with Crippen LogP contribution in [0.25, 0.3) is 0 Å². The van der Waals surface area contributed by atoms with Crippen LogP contribution in [0.3, 0.4) is 0 Å². The van der Waals surface area contributed by atoms with E-state index in [-0.39, 0.29) is 13.0 Å². The second-order valence-corrected chi connectivity index (χ2v) is 4.44. The quantitative estimate of drug-likeness (QED) is 0.359. The molecule has 5 atom stereocenters. The number of aliphatic carboxylic acids is 1. The van der Waals surface area contributed by atoms with Crippen molar-refractivity contribution in [2.24, 2.45) is 0 Å². The van der Waals surface area contributed by atoms with Crippen molar-refractivity contribution in [3.8, 4) is 0 Å². The number of carbonyl (C=O) groups is 2. The van der Waals surface area contributed by atoms with Gasteiger partial charge in [0.05, 0.1) is 19.6 Å². The van der Waals surface area contributed by atoms with Crippen molar-refractivity contribution >= 4 is 11.9 Å². The first-order valence-electron chi connectivity index (χ1n) is 6.09. The highest BCUT2D eigenvalue weighted by Crippen LogP contribution is 2.22. The monoisotopic (exact) mass is 293 g/mol. The van der Waals surface area contributed by atoms with Crippen LogP contribution < -0.4 is 5.32 Å². The van der Waals surface area contributed by atoms with Crippen LogP contribution >= 0.6 is 0 Å². The first kappa shape index (κ1) is 16.8. The first-order valence-corrected chi connectivity index (χ1v) is 6.09. The van der Waals surface area contributed by atoms with Crippen molar-refractivity contribution in [3.05, 3.63) is 0 Å². The van der Waals surface area contributed by atoms with E-state index in [2.05, 4.69) is 5.32 Å². The molecule has 1 saturated heterocycles. The molecule has 0 spiro atoms. The lowest BCUT2D eigenvalue weighted by atomic mass is 9.96. The summed E-state index contributed by atoms with van der Waals surface area (Å²) in [5.74, 6) is -1.55. The Kier molecular flexibility index (Phi) is 6.30. The van der Waals surface area contributed by atoms with Crippen LogP contribution in [0.4, 0.5) is 0 Å². The topological polar surface area (TPSA) is 146 Å². The predicted molar refractivity (Wildman–Crippen MR) is 63.6 cm³/mol. The summed E-state index contributed by atoms with van der Waals surface area (Å²) in [6.45, 7) is 0.452. The van der Waals surface area contributed by atoms with Crippen molar-refractivity contribution in [3.63, 3.8) is 0 Å². The van der Waals surface area contributed by atoms with E-state index in [0.717, 1.165) is 0 Å². The van der Waals surface area contributed by atoms with Crippen LogP contribution in [0.5, 0.6) is 0 Å². The molecule has 1 heterocycles. The number of amides is 1. The Morgan fingerprint density at radius 1 is 1.35 bits per heavy atom. The highest BCUT2D eigenvalue weighted by atomic mass is 16.6. The van der Waals surface area contributed by atoms with Gasteiger partial charge in [-0.1, -0.05) is 0 Å². The number of aliphatic hydroxyl groups excluding tert-OH is 3. The molecule has 20 heavy (non-hydrogen) atoms. The summed E-state index contributed by atoms with van der Waals surface area (Å²) in [5, 5.41) is 39.7. The van der Waals surface area contributed by atoms with E-state index in [9.17, 15) is 19.8 Å². The van der Waals surface area contributed by atoms with Gasteiger partial charge in [-0.3, -0.25) is 9.59 Å². The Balaban J connectivity index is 2.76. The standard InChI is InChI=1S/C11H19NO8/c1-5(14)12-8-10(19-3-2-7(15)16)9(17)6(4-13)20-11(8)18/h6,8-11,13,17-18H,2-4H2,1H3,(H,12,14)(H,15,16)/t6-,8+,9+,10-,11-/m1/s1. The Hall–Kier alpha value is -1.26. The molecule has 1 rings (SSSR count). The largest absolute Gasteiger partial charge is 0.481 e. The first-order chi connectivity index (χ1) is 9.36. The van der Waals surface area contributed by atoms with Gasteiger partial charge < -0.3 is 35.2 Å². The van der Waals surface area contributed by atoms with Gasteiger partial charge >= 0.3 is 5.97 Å². The molecule has 0 aromatic heterocycles. The molecule has 1 aliphatic heterocycles. The van der Waals surface area contributed by atoms with Crippen LogP contribution in [-0.2, 0) is 19.1 Å². The third-order valence-corrected chi connectivity index (χ3v) is 2.87. The molecule has 116 valence electrons. The molecule has 5 N–H and O–H groups in total. The molecule has 0 bridgehead atoms. The van der Waals surface area contributed by atoms with Gasteiger partial charge in [-0.15, -0.1) is 0 Å². The molecule has 0 aliphatic carbocycles. The highest BCUT2D eigenvalue weighted by Gasteiger charge is 2.45. The molecule has 0 unspecified atom stereocenters. The van der Waals surface area contributed by atoms with E-state index in [1.54, 1.807) is 0 Å². The van der Waals surface area contributed by atoms with Crippen molar-refractivity contribution in [1.29, 1.82) is 0 Å². The minimum atomic E-state index is -1.48. The number of hydrogen-bond acceptors (Lipinski definition) is 7. The van der Waals surface area contributed by atoms with Gasteiger partial charge in [0.2, 0.25) is 5.91 Å². The van der Waals surface area contributed by atoms with Gasteiger partial charge in [-0.05, 0) is 0 Å². The van der Waals surface area contributed by atoms with E-state index in [1.165, 1.54) is 6.92 Å². The zero-order chi connectivity index (χ0) is 15.3. The molecular weight excluding hydrogens is 274 g/mol. The second-order valence-electron chi connectivity index (χ2n) is 4.44. The van der Waals surface area contributed by atoms with Gasteiger partial charge in [0.1, 0.15) is 24.4 Å². The van der Waals surface area contributed by atoms with Crippen LogP contribution in [0.1, 0.15) is 13.3 Å². The number of carboxylic acids is 1. The zero-order valence-corrected chi connectivity index (χ0v) is 10.9. The Labute approximate surface area is 115 Å². The van der Waals surface area contributed by atoms with Crippen LogP contribution in [0.15, 0.2) is 0 Å². The van der Waals surface area contributed by atoms with Gasteiger partial charge in [0.25, 0.3) is 0 Å². The maximum Gasteiger partial charge on any atom is 0.305 e. The second kappa shape index (κ2) is 7.50. The van der Waals surface area contributed by atoms with Crippen molar-refractivity contribution in [2.75, 3.05) is 13.2 Å². The Morgan fingerprint density at radius 3 is 2.50 bits per heavy atom. The maximum atomic E-state index is 11.1. The lowest BCUT2D eigenvalue weighted by molar-refractivity contribution is -0.262. The van der Waals surface area contributed by atoms with Gasteiger partial charge in [0, 0.05) is 6.92 Å². The number of rotatable bonds is 6. The van der Waals surface area contributed by atoms with Gasteiger partial charge in [-0.2, -0.15) is 0 Å². The fourth-order valence-corrected chi connectivity index (χ4v) is 1.95. The van der Waals surface area contributed by atoms with Crippen LogP contribution in [-0.4, -0.2) is 76.2 Å². The summed E-state index contributed by atoms with van der Waals surface area (Å²) in [6, 6.07) is -1.06. The molecule has 9 nitrogen and oxygen atoms in total. The number of hydrogen-bond donors (Lipinski definition) is 5. The number of ether oxygens (including phenoxy) is 2. The maximum absolute atomic E-state index is 11.1. The molecular formula is C11H19NO8. The van der Waals surface area contributed by atoms with E-state index in [4.69, 9.17) is 19.7 Å². The molecule has 0 aromatic rings. The Bertz CT molecular complexity index is 349. The van der Waals surface area contributed by atoms with E-state index in [1.807, 2.05) is 0 Å². The minimum Gasteiger partial charge on any atom is -0.481 e. The molecule has 0 radical (unpaired) electrons. The fraction of sp³-hybridized carbons (Fsp3) is 0.818. The van der Waals surface area contributed by atoms with Gasteiger partial charge in [0.15, 0.2) is 6.29 Å². The molecule has 1 aliphatic rings. The minimum absolute atomic E-state index is 0.210. The van der Waals surface area contributed by atoms with E-state index >= 15 is 0 Å². The molecule has 1 fully saturated rings. The molecule has 0 aromatic carbocycles. The number of aliphatic hydroxyl groups is 3. The summed E-state index contributed by atoms with van der Waals surface area (Å²) >= 11 is 0. The average Bonchev–Trinajstić information content (AvgIpc) is 2.36. The Morgan fingerprint density at radius 2 is 2.00 bits per heavy atom. The van der Waals surface area contributed by atoms with Crippen molar-refractivity contribution < 1.29 is 39.5 Å². The number of carbonyl (C=O) groups excluding carboxylic acids is 1. The number of nitrogens with one attached hydrogen (secondary N) is 1. The summed E-state index contributed by atoms with van der Waals surface area (Å²) in [6.07, 6.45) is -5.25. The summed E-state index contributed by atoms with van der Waals surface area (Å²) in [4.78, 5) is 21.5. The average molecular weight is 293 g/mol. The van der Waals surface area contributed by atoms with Gasteiger partial charge in [-0.25, -0.2) is 0 Å². The normalized spacial score (nSPS) is 33.7. The van der Waals surface area contributed by atoms with Crippen LogP contribution in [0, 0.1) is 0 Å². The molecule has 9 heteroatoms. The lowest BCUT2D eigenvalue weighted by Crippen LogP contribution is -2.64. The third-order valence-electron chi connectivity index (χ3n) is 2.87. The third kappa shape index (κ3) is 4.39. The summed E-state index contributed by atoms with van der Waals surface area (Å²) in [5.41, 5.74) is 0. The summed E-state index contributed by atoms with van der Waals surface area (Å²) in [7, 11) is 0. The molecule has 0 saturated carbocycles. The predicted octanol–water partition coefficient (Wildman–Crippen LogP) is -2.58.